The Balaban J connectivity index is 1.24. The van der Waals surface area contributed by atoms with Crippen molar-refractivity contribution in [3.8, 4) is 17.0 Å². The Morgan fingerprint density at radius 3 is 2.40 bits per heavy atom. The van der Waals surface area contributed by atoms with E-state index >= 15 is 0 Å². The van der Waals surface area contributed by atoms with Gasteiger partial charge in [0, 0.05) is 30.3 Å². The molecule has 0 spiro atoms. The summed E-state index contributed by atoms with van der Waals surface area (Å²) in [7, 11) is -2.30. The van der Waals surface area contributed by atoms with Crippen LogP contribution in [0.15, 0.2) is 83.8 Å². The number of amides is 1. The van der Waals surface area contributed by atoms with Crippen molar-refractivity contribution < 1.29 is 36.3 Å². The summed E-state index contributed by atoms with van der Waals surface area (Å²) in [5.41, 5.74) is 3.55. The Bertz CT molecular complexity index is 1760. The molecule has 1 aliphatic rings. The zero-order chi connectivity index (χ0) is 33.6. The molecule has 0 bridgehead atoms. The normalized spacial score (nSPS) is 16.1. The maximum absolute atomic E-state index is 12.8. The molecule has 5 rings (SSSR count). The zero-order valence-electron chi connectivity index (χ0n) is 27.5. The molecule has 2 atom stereocenters. The van der Waals surface area contributed by atoms with Gasteiger partial charge in [-0.2, -0.15) is 8.42 Å². The number of fused-ring (bicyclic) bond motifs is 1. The van der Waals surface area contributed by atoms with E-state index in [1.165, 1.54) is 17.0 Å². The minimum Gasteiger partial charge on any atom is -0.491 e. The van der Waals surface area contributed by atoms with Crippen LogP contribution in [0.1, 0.15) is 45.6 Å². The van der Waals surface area contributed by atoms with E-state index in [-0.39, 0.29) is 18.1 Å². The van der Waals surface area contributed by atoms with Crippen LogP contribution in [-0.2, 0) is 28.5 Å². The Morgan fingerprint density at radius 2 is 1.72 bits per heavy atom. The van der Waals surface area contributed by atoms with Gasteiger partial charge in [-0.3, -0.25) is 9.08 Å². The Morgan fingerprint density at radius 1 is 0.979 bits per heavy atom. The second-order valence-electron chi connectivity index (χ2n) is 12.6. The number of carbonyl (C=O) groups is 1. The van der Waals surface area contributed by atoms with Crippen LogP contribution in [0.2, 0.25) is 0 Å². The third-order valence-corrected chi connectivity index (χ3v) is 8.81. The van der Waals surface area contributed by atoms with Crippen LogP contribution in [0.4, 0.5) is 10.5 Å². The molecule has 11 heteroatoms. The zero-order valence-corrected chi connectivity index (χ0v) is 28.3. The summed E-state index contributed by atoms with van der Waals surface area (Å²) in [4.78, 5) is 18.8. The van der Waals surface area contributed by atoms with Gasteiger partial charge in [0.2, 0.25) is 0 Å². The molecule has 0 N–H and O–H groups in total. The molecule has 1 aliphatic heterocycles. The first-order chi connectivity index (χ1) is 22.4. The maximum Gasteiger partial charge on any atom is 0.414 e. The molecule has 0 saturated carbocycles. The van der Waals surface area contributed by atoms with E-state index in [1.54, 1.807) is 19.2 Å². The fraction of sp³-hybridized carbons (Fsp3) is 0.389. The van der Waals surface area contributed by atoms with Gasteiger partial charge in [0.25, 0.3) is 10.1 Å². The van der Waals surface area contributed by atoms with Crippen molar-refractivity contribution in [3.05, 3.63) is 84.4 Å². The molecule has 250 valence electrons. The molecule has 2 heterocycles. The minimum atomic E-state index is -3.98. The third kappa shape index (κ3) is 9.51. The molecule has 0 radical (unpaired) electrons. The molecule has 1 unspecified atom stereocenters. The Kier molecular flexibility index (Phi) is 10.8. The summed E-state index contributed by atoms with van der Waals surface area (Å²) < 4.78 is 54.4. The lowest BCUT2D eigenvalue weighted by atomic mass is 10.1. The van der Waals surface area contributed by atoms with Crippen LogP contribution in [0.5, 0.6) is 5.75 Å². The van der Waals surface area contributed by atoms with Crippen LogP contribution >= 0.6 is 0 Å². The molecular weight excluding hydrogens is 620 g/mol. The van der Waals surface area contributed by atoms with Gasteiger partial charge in [0.15, 0.2) is 6.29 Å². The third-order valence-electron chi connectivity index (χ3n) is 7.52. The number of pyridine rings is 1. The lowest BCUT2D eigenvalue weighted by Gasteiger charge is -2.27. The van der Waals surface area contributed by atoms with Crippen LogP contribution in [-0.4, -0.2) is 64.4 Å². The van der Waals surface area contributed by atoms with Crippen molar-refractivity contribution in [3.63, 3.8) is 0 Å². The molecule has 1 aromatic heterocycles. The van der Waals surface area contributed by atoms with Crippen LogP contribution < -0.4 is 9.64 Å². The van der Waals surface area contributed by atoms with Gasteiger partial charge in [-0.15, -0.1) is 0 Å². The van der Waals surface area contributed by atoms with Crippen molar-refractivity contribution in [2.75, 3.05) is 31.8 Å². The number of nitrogens with zero attached hydrogens (tertiary/aromatic N) is 2. The molecule has 4 aromatic rings. The largest absolute Gasteiger partial charge is 0.491 e. The molecule has 0 aliphatic carbocycles. The lowest BCUT2D eigenvalue weighted by Crippen LogP contribution is -2.35. The fourth-order valence-electron chi connectivity index (χ4n) is 4.93. The van der Waals surface area contributed by atoms with Crippen molar-refractivity contribution in [2.24, 2.45) is 0 Å². The number of ether oxygens (including phenoxy) is 4. The Labute approximate surface area is 276 Å². The highest BCUT2D eigenvalue weighted by molar-refractivity contribution is 7.86. The highest BCUT2D eigenvalue weighted by Crippen LogP contribution is 2.27. The molecule has 10 nitrogen and oxygen atoms in total. The quantitative estimate of drug-likeness (QED) is 0.153. The molecule has 47 heavy (non-hydrogen) atoms. The predicted octanol–water partition coefficient (Wildman–Crippen LogP) is 7.28. The Hall–Kier alpha value is -4.03. The van der Waals surface area contributed by atoms with Gasteiger partial charge in [-0.25, -0.2) is 9.78 Å². The lowest BCUT2D eigenvalue weighted by molar-refractivity contribution is -0.198. The molecule has 1 amide bonds. The summed E-state index contributed by atoms with van der Waals surface area (Å²) in [6, 6.07) is 23.5. The topological polar surface area (TPSA) is 113 Å². The number of anilines is 1. The number of aromatic nitrogens is 1. The first-order valence-corrected chi connectivity index (χ1v) is 17.1. The van der Waals surface area contributed by atoms with E-state index in [2.05, 4.69) is 0 Å². The van der Waals surface area contributed by atoms with Gasteiger partial charge in [0.05, 0.1) is 22.7 Å². The monoisotopic (exact) mass is 662 g/mol. The van der Waals surface area contributed by atoms with Gasteiger partial charge in [0.1, 0.15) is 24.1 Å². The summed E-state index contributed by atoms with van der Waals surface area (Å²) in [5, 5.41) is 0.874. The van der Waals surface area contributed by atoms with Gasteiger partial charge in [-0.1, -0.05) is 35.9 Å². The van der Waals surface area contributed by atoms with E-state index < -0.39 is 34.2 Å². The van der Waals surface area contributed by atoms with E-state index in [4.69, 9.17) is 28.1 Å². The van der Waals surface area contributed by atoms with Gasteiger partial charge >= 0.3 is 6.09 Å². The number of hydrogen-bond acceptors (Lipinski definition) is 9. The van der Waals surface area contributed by atoms with Crippen molar-refractivity contribution >= 4 is 32.8 Å². The highest BCUT2D eigenvalue weighted by Gasteiger charge is 2.25. The predicted molar refractivity (Wildman–Crippen MR) is 180 cm³/mol. The highest BCUT2D eigenvalue weighted by atomic mass is 32.2. The number of hydrogen-bond donors (Lipinski definition) is 0. The van der Waals surface area contributed by atoms with Crippen molar-refractivity contribution in [1.82, 2.24) is 4.98 Å². The molecule has 3 aromatic carbocycles. The summed E-state index contributed by atoms with van der Waals surface area (Å²) >= 11 is 0. The van der Waals surface area contributed by atoms with Crippen molar-refractivity contribution in [2.45, 2.75) is 69.8 Å². The van der Waals surface area contributed by atoms with E-state index in [1.807, 2.05) is 82.3 Å². The summed E-state index contributed by atoms with van der Waals surface area (Å²) in [5.74, 6) is 0.584. The molecule has 1 fully saturated rings. The second-order valence-corrected chi connectivity index (χ2v) is 14.2. The number of rotatable bonds is 11. The maximum atomic E-state index is 12.8. The standard InChI is InChI=1S/C36H42N2O8S/c1-25-9-17-31(18-10-25)47(40,41)44-24-30(45-34-8-6-7-21-42-34)23-43-29-16-20-33-27(22-29)13-19-32(37-33)26-11-14-28(15-12-26)38(5)35(39)46-36(2,3)4/h9-20,22,30,34H,6-8,21,23-24H2,1-5H3/t30-,34?/m0/s1. The van der Waals surface area contributed by atoms with Gasteiger partial charge < -0.3 is 18.9 Å². The van der Waals surface area contributed by atoms with E-state index in [0.29, 0.717) is 24.5 Å². The number of carbonyl (C=O) groups excluding carboxylic acids is 1. The smallest absolute Gasteiger partial charge is 0.414 e. The van der Waals surface area contributed by atoms with Crippen LogP contribution in [0, 0.1) is 6.92 Å². The van der Waals surface area contributed by atoms with E-state index in [0.717, 1.165) is 40.6 Å². The van der Waals surface area contributed by atoms with E-state index in [9.17, 15) is 13.2 Å². The second kappa shape index (κ2) is 14.8. The van der Waals surface area contributed by atoms with Crippen LogP contribution in [0.3, 0.4) is 0 Å². The summed E-state index contributed by atoms with van der Waals surface area (Å²) in [6.45, 7) is 7.82. The molecule has 1 saturated heterocycles. The van der Waals surface area contributed by atoms with Crippen LogP contribution in [0.25, 0.3) is 22.2 Å². The fourth-order valence-corrected chi connectivity index (χ4v) is 5.87. The molecular formula is C36H42N2O8S. The number of benzene rings is 3. The summed E-state index contributed by atoms with van der Waals surface area (Å²) in [6.07, 6.45) is 1.08. The number of aryl methyl sites for hydroxylation is 1. The van der Waals surface area contributed by atoms with Gasteiger partial charge in [-0.05, 0) is 95.5 Å². The SMILES string of the molecule is Cc1ccc(S(=O)(=O)OC[C@H](COc2ccc3nc(-c4ccc(N(C)C(=O)OC(C)(C)C)cc4)ccc3c2)OC2CCCCO2)cc1. The first kappa shape index (κ1) is 34.3. The van der Waals surface area contributed by atoms with Crippen molar-refractivity contribution in [1.29, 1.82) is 0 Å². The minimum absolute atomic E-state index is 0.0599. The first-order valence-electron chi connectivity index (χ1n) is 15.7. The average molecular weight is 663 g/mol. The average Bonchev–Trinajstić information content (AvgIpc) is 3.05.